The van der Waals surface area contributed by atoms with E-state index in [-0.39, 0.29) is 24.7 Å². The molecule has 3 heterocycles. The van der Waals surface area contributed by atoms with Crippen molar-refractivity contribution in [1.82, 2.24) is 19.7 Å². The van der Waals surface area contributed by atoms with Crippen molar-refractivity contribution in [3.63, 3.8) is 0 Å². The molecule has 0 fully saturated rings. The Morgan fingerprint density at radius 3 is 2.46 bits per heavy atom. The van der Waals surface area contributed by atoms with E-state index in [1.54, 1.807) is 28.4 Å². The number of halogens is 2. The number of aromatic nitrogens is 3. The van der Waals surface area contributed by atoms with Gasteiger partial charge in [0.1, 0.15) is 23.1 Å². The number of rotatable bonds is 8. The molecule has 0 amide bonds. The monoisotopic (exact) mass is 680 g/mol. The predicted octanol–water partition coefficient (Wildman–Crippen LogP) is 8.19. The molecule has 0 atom stereocenters. The van der Waals surface area contributed by atoms with Crippen molar-refractivity contribution in [3.05, 3.63) is 118 Å². The molecule has 8 nitrogen and oxygen atoms in total. The van der Waals surface area contributed by atoms with Crippen LogP contribution in [0.2, 0.25) is 0 Å². The van der Waals surface area contributed by atoms with Gasteiger partial charge in [-0.1, -0.05) is 50.2 Å². The molecule has 2 aromatic heterocycles. The SMILES string of the molecule is CCNCC.Cc1c2c(nn1C)COCc1ccccc1Cn1c(C(=O)O)c(CCCOc3cccc4cc(F)ccc34)c3ccc(F)c-2c31. The Morgan fingerprint density at radius 2 is 1.72 bits per heavy atom. The maximum absolute atomic E-state index is 16.1. The van der Waals surface area contributed by atoms with Crippen LogP contribution in [0.3, 0.4) is 0 Å². The number of fused-ring (bicyclic) bond motifs is 4. The molecule has 6 aromatic rings. The summed E-state index contributed by atoms with van der Waals surface area (Å²) in [5.41, 5.74) is 5.37. The first-order chi connectivity index (χ1) is 24.2. The molecule has 0 aliphatic carbocycles. The maximum atomic E-state index is 16.1. The van der Waals surface area contributed by atoms with Gasteiger partial charge in [0.25, 0.3) is 0 Å². The number of nitrogens with one attached hydrogen (secondary N) is 1. The topological polar surface area (TPSA) is 90.5 Å². The highest BCUT2D eigenvalue weighted by Crippen LogP contribution is 2.41. The van der Waals surface area contributed by atoms with Gasteiger partial charge in [-0.2, -0.15) is 5.10 Å². The highest BCUT2D eigenvalue weighted by molar-refractivity contribution is 6.04. The van der Waals surface area contributed by atoms with Crippen molar-refractivity contribution in [3.8, 4) is 16.9 Å². The maximum Gasteiger partial charge on any atom is 0.352 e. The average molecular weight is 681 g/mol. The molecule has 2 N–H and O–H groups in total. The summed E-state index contributed by atoms with van der Waals surface area (Å²) in [6.07, 6.45) is 0.893. The van der Waals surface area contributed by atoms with Gasteiger partial charge >= 0.3 is 5.97 Å². The fourth-order valence-corrected chi connectivity index (χ4v) is 6.80. The van der Waals surface area contributed by atoms with Crippen LogP contribution in [0.5, 0.6) is 5.75 Å². The fourth-order valence-electron chi connectivity index (χ4n) is 6.80. The number of hydrogen-bond donors (Lipinski definition) is 2. The first-order valence-electron chi connectivity index (χ1n) is 17.0. The molecule has 260 valence electrons. The van der Waals surface area contributed by atoms with E-state index in [4.69, 9.17) is 9.47 Å². The number of benzene rings is 4. The standard InChI is InChI=1S/C36H31F2N3O4.C4H11N/c1-21-32-30(39-40(21)2)20-44-19-24-8-4-3-7-23(24)18-41-34-28(14-15-29(38)33(32)34)27(35(41)36(42)43)10-6-16-45-31-11-5-9-22-17-25(37)12-13-26(22)31;1-3-5-4-2/h3-5,7-9,11-15,17H,6,10,16,18-20H2,1-2H3,(H,42,43);5H,3-4H2,1-2H3. The Balaban J connectivity index is 0.000000808. The van der Waals surface area contributed by atoms with Crippen LogP contribution in [-0.4, -0.2) is 45.1 Å². The summed E-state index contributed by atoms with van der Waals surface area (Å²) in [5.74, 6) is -1.23. The number of aromatic carboxylic acids is 1. The van der Waals surface area contributed by atoms with Gasteiger partial charge in [0.15, 0.2) is 0 Å². The van der Waals surface area contributed by atoms with Gasteiger partial charge in [-0.3, -0.25) is 4.68 Å². The second-order valence-electron chi connectivity index (χ2n) is 12.4. The van der Waals surface area contributed by atoms with Crippen molar-refractivity contribution >= 4 is 27.6 Å². The summed E-state index contributed by atoms with van der Waals surface area (Å²) in [6.45, 7) is 9.29. The van der Waals surface area contributed by atoms with Gasteiger partial charge in [-0.25, -0.2) is 13.6 Å². The molecule has 10 heteroatoms. The number of hydrogen-bond acceptors (Lipinski definition) is 5. The third-order valence-electron chi connectivity index (χ3n) is 9.21. The number of carbonyl (C=O) groups is 1. The van der Waals surface area contributed by atoms with E-state index in [0.29, 0.717) is 65.1 Å². The van der Waals surface area contributed by atoms with Crippen LogP contribution >= 0.6 is 0 Å². The van der Waals surface area contributed by atoms with E-state index in [2.05, 4.69) is 24.3 Å². The van der Waals surface area contributed by atoms with Crippen LogP contribution in [0.25, 0.3) is 32.8 Å². The summed E-state index contributed by atoms with van der Waals surface area (Å²) in [4.78, 5) is 13.1. The highest BCUT2D eigenvalue weighted by atomic mass is 19.1. The molecule has 0 saturated heterocycles. The van der Waals surface area contributed by atoms with E-state index in [0.717, 1.165) is 40.7 Å². The van der Waals surface area contributed by atoms with Crippen LogP contribution < -0.4 is 10.1 Å². The molecular formula is C40H42F2N4O4. The van der Waals surface area contributed by atoms with E-state index >= 15 is 4.39 Å². The Labute approximate surface area is 290 Å². The lowest BCUT2D eigenvalue weighted by Crippen LogP contribution is -2.13. The molecule has 4 aromatic carbocycles. The Bertz CT molecular complexity index is 2170. The quantitative estimate of drug-likeness (QED) is 0.158. The molecule has 1 aliphatic rings. The van der Waals surface area contributed by atoms with Crippen LogP contribution in [0, 0.1) is 18.6 Å². The first kappa shape index (κ1) is 34.8. The summed E-state index contributed by atoms with van der Waals surface area (Å²) < 4.78 is 45.5. The summed E-state index contributed by atoms with van der Waals surface area (Å²) in [6, 6.07) is 20.9. The van der Waals surface area contributed by atoms with Gasteiger partial charge in [0, 0.05) is 41.2 Å². The van der Waals surface area contributed by atoms with E-state index in [1.165, 1.54) is 18.2 Å². The normalized spacial score (nSPS) is 12.5. The average Bonchev–Trinajstić information content (AvgIpc) is 3.55. The molecule has 0 saturated carbocycles. The van der Waals surface area contributed by atoms with Crippen molar-refractivity contribution in [2.75, 3.05) is 19.7 Å². The number of carboxylic acid groups (broad SMARTS) is 1. The van der Waals surface area contributed by atoms with E-state index < -0.39 is 11.8 Å². The Hall–Kier alpha value is -5.06. The fraction of sp³-hybridized carbons (Fsp3) is 0.300. The summed E-state index contributed by atoms with van der Waals surface area (Å²) >= 11 is 0. The number of carboxylic acids is 1. The van der Waals surface area contributed by atoms with Gasteiger partial charge in [0.05, 0.1) is 31.0 Å². The third-order valence-corrected chi connectivity index (χ3v) is 9.21. The minimum absolute atomic E-state index is 0.121. The van der Waals surface area contributed by atoms with Crippen molar-refractivity contribution < 1.29 is 28.2 Å². The van der Waals surface area contributed by atoms with Gasteiger partial charge in [-0.15, -0.1) is 0 Å². The minimum Gasteiger partial charge on any atom is -0.493 e. The third kappa shape index (κ3) is 6.86. The smallest absolute Gasteiger partial charge is 0.352 e. The van der Waals surface area contributed by atoms with Gasteiger partial charge in [0.2, 0.25) is 0 Å². The zero-order chi connectivity index (χ0) is 35.4. The Morgan fingerprint density at radius 1 is 0.960 bits per heavy atom. The summed E-state index contributed by atoms with van der Waals surface area (Å²) in [7, 11) is 1.81. The number of aryl methyl sites for hydroxylation is 2. The lowest BCUT2D eigenvalue weighted by Gasteiger charge is -2.15. The summed E-state index contributed by atoms with van der Waals surface area (Å²) in [5, 5.41) is 20.6. The van der Waals surface area contributed by atoms with E-state index in [1.807, 2.05) is 49.4 Å². The first-order valence-corrected chi connectivity index (χ1v) is 17.0. The number of ether oxygens (including phenoxy) is 2. The van der Waals surface area contributed by atoms with Crippen molar-refractivity contribution in [2.45, 2.75) is 53.4 Å². The zero-order valence-corrected chi connectivity index (χ0v) is 28.9. The molecule has 0 bridgehead atoms. The van der Waals surface area contributed by atoms with Crippen LogP contribution in [0.1, 0.15) is 58.8 Å². The Kier molecular flexibility index (Phi) is 10.6. The van der Waals surface area contributed by atoms with Gasteiger partial charge in [-0.05, 0) is 91.3 Å². The molecule has 50 heavy (non-hydrogen) atoms. The molecular weight excluding hydrogens is 638 g/mol. The van der Waals surface area contributed by atoms with Gasteiger partial charge < -0.3 is 24.5 Å². The molecule has 0 radical (unpaired) electrons. The molecule has 1 aliphatic heterocycles. The second kappa shape index (κ2) is 15.2. The van der Waals surface area contributed by atoms with Crippen LogP contribution in [0.15, 0.2) is 72.8 Å². The molecule has 0 spiro atoms. The largest absolute Gasteiger partial charge is 0.493 e. The lowest BCUT2D eigenvalue weighted by atomic mass is 9.97. The predicted molar refractivity (Wildman–Crippen MR) is 192 cm³/mol. The molecule has 0 unspecified atom stereocenters. The van der Waals surface area contributed by atoms with E-state index in [9.17, 15) is 14.3 Å². The number of nitrogens with zero attached hydrogens (tertiary/aromatic N) is 3. The van der Waals surface area contributed by atoms with Crippen molar-refractivity contribution in [1.29, 1.82) is 0 Å². The molecule has 7 rings (SSSR count). The zero-order valence-electron chi connectivity index (χ0n) is 28.9. The van der Waals surface area contributed by atoms with Crippen LogP contribution in [-0.2, 0) is 38.0 Å². The minimum atomic E-state index is -1.09. The lowest BCUT2D eigenvalue weighted by molar-refractivity contribution is 0.0684. The van der Waals surface area contributed by atoms with Crippen molar-refractivity contribution in [2.24, 2.45) is 7.05 Å². The van der Waals surface area contributed by atoms with Crippen LogP contribution in [0.4, 0.5) is 8.78 Å². The second-order valence-corrected chi connectivity index (χ2v) is 12.4. The highest BCUT2D eigenvalue weighted by Gasteiger charge is 2.29.